The predicted octanol–water partition coefficient (Wildman–Crippen LogP) is 2.89. The molecule has 0 aliphatic carbocycles. The van der Waals surface area contributed by atoms with Crippen molar-refractivity contribution in [1.29, 1.82) is 0 Å². The third-order valence-corrected chi connectivity index (χ3v) is 3.19. The normalized spacial score (nSPS) is 10.1. The maximum Gasteiger partial charge on any atom is 0.225 e. The van der Waals surface area contributed by atoms with E-state index in [2.05, 4.69) is 20.6 Å². The maximum atomic E-state index is 11.4. The Hall–Kier alpha value is -2.54. The monoisotopic (exact) mass is 321 g/mol. The smallest absolute Gasteiger partial charge is 0.225 e. The summed E-state index contributed by atoms with van der Waals surface area (Å²) in [7, 11) is 1.69. The molecule has 2 rings (SSSR count). The Kier molecular flexibility index (Phi) is 5.00. The number of nitrogens with two attached hydrogens (primary N) is 1. The van der Waals surface area contributed by atoms with Crippen molar-refractivity contribution in [2.24, 2.45) is 0 Å². The van der Waals surface area contributed by atoms with Crippen LogP contribution in [0.2, 0.25) is 5.02 Å². The molecule has 2 heterocycles. The van der Waals surface area contributed by atoms with E-state index in [1.807, 2.05) is 0 Å². The van der Waals surface area contributed by atoms with Crippen LogP contribution >= 0.6 is 11.6 Å². The maximum absolute atomic E-state index is 11.4. The SMILES string of the molecule is CCC(=O)Nc1cc(Oc2cnc(N)c(NC)c2Cl)ccn1. The first-order valence-electron chi connectivity index (χ1n) is 6.60. The van der Waals surface area contributed by atoms with E-state index in [1.54, 1.807) is 26.1 Å². The lowest BCUT2D eigenvalue weighted by Crippen LogP contribution is -2.10. The summed E-state index contributed by atoms with van der Waals surface area (Å²) in [4.78, 5) is 19.4. The highest BCUT2D eigenvalue weighted by molar-refractivity contribution is 6.35. The summed E-state index contributed by atoms with van der Waals surface area (Å²) in [6.07, 6.45) is 3.33. The molecule has 0 atom stereocenters. The number of aromatic nitrogens is 2. The van der Waals surface area contributed by atoms with E-state index in [9.17, 15) is 4.79 Å². The van der Waals surface area contributed by atoms with Crippen molar-refractivity contribution in [3.8, 4) is 11.5 Å². The van der Waals surface area contributed by atoms with Crippen LogP contribution in [0.15, 0.2) is 24.5 Å². The van der Waals surface area contributed by atoms with Crippen molar-refractivity contribution >= 4 is 34.8 Å². The van der Waals surface area contributed by atoms with E-state index < -0.39 is 0 Å². The van der Waals surface area contributed by atoms with Gasteiger partial charge in [0.1, 0.15) is 22.4 Å². The summed E-state index contributed by atoms with van der Waals surface area (Å²) in [5.74, 6) is 1.37. The molecule has 116 valence electrons. The number of hydrogen-bond acceptors (Lipinski definition) is 6. The highest BCUT2D eigenvalue weighted by Crippen LogP contribution is 2.37. The first-order valence-corrected chi connectivity index (χ1v) is 6.98. The Balaban J connectivity index is 2.24. The van der Waals surface area contributed by atoms with Crippen LogP contribution < -0.4 is 21.1 Å². The molecule has 8 heteroatoms. The second kappa shape index (κ2) is 6.95. The first-order chi connectivity index (χ1) is 10.5. The van der Waals surface area contributed by atoms with Gasteiger partial charge in [-0.1, -0.05) is 18.5 Å². The minimum Gasteiger partial charge on any atom is -0.454 e. The summed E-state index contributed by atoms with van der Waals surface area (Å²) in [6.45, 7) is 1.76. The third kappa shape index (κ3) is 3.56. The highest BCUT2D eigenvalue weighted by Gasteiger charge is 2.12. The van der Waals surface area contributed by atoms with Crippen LogP contribution in [0.1, 0.15) is 13.3 Å². The Morgan fingerprint density at radius 1 is 1.45 bits per heavy atom. The average molecular weight is 322 g/mol. The van der Waals surface area contributed by atoms with Crippen LogP contribution in [0.3, 0.4) is 0 Å². The van der Waals surface area contributed by atoms with Crippen molar-refractivity contribution < 1.29 is 9.53 Å². The topological polar surface area (TPSA) is 102 Å². The van der Waals surface area contributed by atoms with Gasteiger partial charge in [0, 0.05) is 25.7 Å². The molecule has 0 radical (unpaired) electrons. The molecular formula is C14H16ClN5O2. The molecule has 0 unspecified atom stereocenters. The van der Waals surface area contributed by atoms with Crippen LogP contribution in [0, 0.1) is 0 Å². The molecule has 0 aromatic carbocycles. The number of anilines is 3. The van der Waals surface area contributed by atoms with E-state index >= 15 is 0 Å². The number of pyridine rings is 2. The lowest BCUT2D eigenvalue weighted by atomic mass is 10.3. The fourth-order valence-corrected chi connectivity index (χ4v) is 1.97. The summed E-state index contributed by atoms with van der Waals surface area (Å²) in [6, 6.07) is 3.24. The van der Waals surface area contributed by atoms with Crippen molar-refractivity contribution in [3.63, 3.8) is 0 Å². The molecule has 0 saturated heterocycles. The second-order valence-electron chi connectivity index (χ2n) is 4.33. The van der Waals surface area contributed by atoms with Crippen LogP contribution in [0.5, 0.6) is 11.5 Å². The number of carbonyl (C=O) groups excluding carboxylic acids is 1. The number of ether oxygens (including phenoxy) is 1. The number of hydrogen-bond donors (Lipinski definition) is 3. The van der Waals surface area contributed by atoms with E-state index in [0.717, 1.165) is 0 Å². The van der Waals surface area contributed by atoms with Gasteiger partial charge in [-0.3, -0.25) is 4.79 Å². The Morgan fingerprint density at radius 3 is 2.91 bits per heavy atom. The van der Waals surface area contributed by atoms with Crippen LogP contribution in [0.4, 0.5) is 17.3 Å². The average Bonchev–Trinajstić information content (AvgIpc) is 2.51. The zero-order valence-corrected chi connectivity index (χ0v) is 12.9. The highest BCUT2D eigenvalue weighted by atomic mass is 35.5. The molecule has 4 N–H and O–H groups in total. The Morgan fingerprint density at radius 2 is 2.23 bits per heavy atom. The van der Waals surface area contributed by atoms with Crippen LogP contribution in [-0.2, 0) is 4.79 Å². The molecule has 0 saturated carbocycles. The van der Waals surface area contributed by atoms with Gasteiger partial charge in [-0.25, -0.2) is 9.97 Å². The van der Waals surface area contributed by atoms with Gasteiger partial charge in [0.2, 0.25) is 5.91 Å². The molecule has 7 nitrogen and oxygen atoms in total. The molecule has 0 fully saturated rings. The number of halogens is 1. The predicted molar refractivity (Wildman–Crippen MR) is 86.4 cm³/mol. The quantitative estimate of drug-likeness (QED) is 0.782. The van der Waals surface area contributed by atoms with Gasteiger partial charge < -0.3 is 21.1 Å². The van der Waals surface area contributed by atoms with Crippen molar-refractivity contribution in [2.75, 3.05) is 23.4 Å². The largest absolute Gasteiger partial charge is 0.454 e. The fraction of sp³-hybridized carbons (Fsp3) is 0.214. The summed E-state index contributed by atoms with van der Waals surface area (Å²) >= 11 is 6.22. The van der Waals surface area contributed by atoms with Gasteiger partial charge in [0.15, 0.2) is 5.75 Å². The van der Waals surface area contributed by atoms with Crippen LogP contribution in [-0.4, -0.2) is 22.9 Å². The van der Waals surface area contributed by atoms with Gasteiger partial charge in [0.05, 0.1) is 11.9 Å². The van der Waals surface area contributed by atoms with Crippen molar-refractivity contribution in [1.82, 2.24) is 9.97 Å². The first kappa shape index (κ1) is 15.8. The number of carbonyl (C=O) groups is 1. The van der Waals surface area contributed by atoms with E-state index in [0.29, 0.717) is 34.4 Å². The molecule has 22 heavy (non-hydrogen) atoms. The van der Waals surface area contributed by atoms with E-state index in [4.69, 9.17) is 22.1 Å². The molecule has 0 aliphatic rings. The molecule has 0 aliphatic heterocycles. The second-order valence-corrected chi connectivity index (χ2v) is 4.71. The van der Waals surface area contributed by atoms with Gasteiger partial charge in [-0.2, -0.15) is 0 Å². The van der Waals surface area contributed by atoms with Gasteiger partial charge in [0.25, 0.3) is 0 Å². The fourth-order valence-electron chi connectivity index (χ4n) is 1.70. The standard InChI is InChI=1S/C14H16ClN5O2/c1-3-11(21)20-10-6-8(4-5-18-10)22-9-7-19-14(16)13(17-2)12(9)15/h4-7,17H,3H2,1-2H3,(H2,16,19)(H,18,20,21). The number of amides is 1. The molecule has 0 bridgehead atoms. The van der Waals surface area contributed by atoms with E-state index in [1.165, 1.54) is 12.4 Å². The zero-order chi connectivity index (χ0) is 16.1. The van der Waals surface area contributed by atoms with Crippen molar-refractivity contribution in [2.45, 2.75) is 13.3 Å². The molecule has 2 aromatic rings. The van der Waals surface area contributed by atoms with E-state index in [-0.39, 0.29) is 11.7 Å². The van der Waals surface area contributed by atoms with Gasteiger partial charge in [-0.05, 0) is 6.07 Å². The minimum absolute atomic E-state index is 0.130. The van der Waals surface area contributed by atoms with Crippen molar-refractivity contribution in [3.05, 3.63) is 29.5 Å². The number of nitrogens with one attached hydrogen (secondary N) is 2. The van der Waals surface area contributed by atoms with Gasteiger partial charge >= 0.3 is 0 Å². The zero-order valence-electron chi connectivity index (χ0n) is 12.2. The molecule has 1 amide bonds. The number of nitrogen functional groups attached to an aromatic ring is 1. The van der Waals surface area contributed by atoms with Gasteiger partial charge in [-0.15, -0.1) is 0 Å². The summed E-state index contributed by atoms with van der Waals surface area (Å²) in [5.41, 5.74) is 6.21. The third-order valence-electron chi connectivity index (χ3n) is 2.81. The summed E-state index contributed by atoms with van der Waals surface area (Å²) < 4.78 is 5.68. The Labute approximate surface area is 132 Å². The molecule has 0 spiro atoms. The van der Waals surface area contributed by atoms with Crippen LogP contribution in [0.25, 0.3) is 0 Å². The number of rotatable bonds is 5. The molecule has 2 aromatic heterocycles. The minimum atomic E-state index is -0.130. The molecular weight excluding hydrogens is 306 g/mol. The lowest BCUT2D eigenvalue weighted by molar-refractivity contribution is -0.115. The lowest BCUT2D eigenvalue weighted by Gasteiger charge is -2.12. The Bertz CT molecular complexity index is 693. The number of nitrogens with zero attached hydrogens (tertiary/aromatic N) is 2. The summed E-state index contributed by atoms with van der Waals surface area (Å²) in [5, 5.41) is 5.84.